The highest BCUT2D eigenvalue weighted by atomic mass is 19.1. The number of benzene rings is 3. The van der Waals surface area contributed by atoms with Gasteiger partial charge >= 0.3 is 0 Å². The molecule has 1 N–H and O–H groups in total. The number of hydrogen-bond donors (Lipinski definition) is 1. The van der Waals surface area contributed by atoms with Crippen molar-refractivity contribution in [3.8, 4) is 11.3 Å². The molecule has 1 aliphatic rings. The molecule has 6 nitrogen and oxygen atoms in total. The first-order chi connectivity index (χ1) is 17.0. The van der Waals surface area contributed by atoms with Crippen LogP contribution in [0.5, 0.6) is 0 Å². The topological polar surface area (TPSA) is 59.4 Å². The molecule has 178 valence electrons. The molecule has 0 aliphatic carbocycles. The fourth-order valence-electron chi connectivity index (χ4n) is 4.40. The fraction of sp³-hybridized carbons (Fsp3) is 0.214. The van der Waals surface area contributed by atoms with E-state index >= 15 is 0 Å². The van der Waals surface area contributed by atoms with E-state index in [9.17, 15) is 9.18 Å². The number of nitrogens with one attached hydrogen (secondary N) is 1. The minimum absolute atomic E-state index is 0.0932. The fourth-order valence-corrected chi connectivity index (χ4v) is 4.40. The maximum Gasteiger partial charge on any atom is 0.256 e. The highest BCUT2D eigenvalue weighted by Gasteiger charge is 2.31. The molecule has 0 fully saturated rings. The van der Waals surface area contributed by atoms with Crippen LogP contribution < -0.4 is 5.32 Å². The van der Waals surface area contributed by atoms with Crippen LogP contribution in [-0.2, 0) is 22.6 Å². The molecule has 1 amide bonds. The predicted molar refractivity (Wildman–Crippen MR) is 134 cm³/mol. The molecule has 7 heteroatoms. The summed E-state index contributed by atoms with van der Waals surface area (Å²) < 4.78 is 21.3. The van der Waals surface area contributed by atoms with E-state index in [4.69, 9.17) is 9.72 Å². The molecule has 1 unspecified atom stereocenters. The zero-order chi connectivity index (χ0) is 24.4. The van der Waals surface area contributed by atoms with Gasteiger partial charge in [-0.15, -0.1) is 0 Å². The van der Waals surface area contributed by atoms with Crippen molar-refractivity contribution in [3.63, 3.8) is 0 Å². The minimum Gasteiger partial charge on any atom is -0.367 e. The van der Waals surface area contributed by atoms with E-state index in [1.54, 1.807) is 24.1 Å². The number of hydrogen-bond acceptors (Lipinski definition) is 4. The largest absolute Gasteiger partial charge is 0.367 e. The molecule has 4 aromatic rings. The minimum atomic E-state index is -0.667. The maximum absolute atomic E-state index is 13.6. The van der Waals surface area contributed by atoms with Crippen LogP contribution in [0.25, 0.3) is 11.3 Å². The van der Waals surface area contributed by atoms with E-state index in [-0.39, 0.29) is 11.7 Å². The monoisotopic (exact) mass is 470 g/mol. The van der Waals surface area contributed by atoms with Gasteiger partial charge in [-0.25, -0.2) is 9.37 Å². The van der Waals surface area contributed by atoms with Gasteiger partial charge in [-0.2, -0.15) is 0 Å². The number of ether oxygens (including phenoxy) is 1. The van der Waals surface area contributed by atoms with E-state index in [0.29, 0.717) is 19.6 Å². The number of methoxy groups -OCH3 is 1. The Bertz CT molecular complexity index is 1320. The van der Waals surface area contributed by atoms with Crippen LogP contribution in [0.15, 0.2) is 78.9 Å². The maximum atomic E-state index is 13.6. The average molecular weight is 471 g/mol. The summed E-state index contributed by atoms with van der Waals surface area (Å²) in [7, 11) is 1.55. The second-order valence-corrected chi connectivity index (χ2v) is 8.66. The highest BCUT2D eigenvalue weighted by Crippen LogP contribution is 2.34. The second kappa shape index (κ2) is 9.72. The van der Waals surface area contributed by atoms with Gasteiger partial charge in [0.15, 0.2) is 6.10 Å². The smallest absolute Gasteiger partial charge is 0.256 e. The Morgan fingerprint density at radius 3 is 2.40 bits per heavy atom. The second-order valence-electron chi connectivity index (χ2n) is 8.66. The van der Waals surface area contributed by atoms with Crippen molar-refractivity contribution in [1.29, 1.82) is 0 Å². The van der Waals surface area contributed by atoms with Gasteiger partial charge in [-0.3, -0.25) is 4.79 Å². The van der Waals surface area contributed by atoms with Crippen LogP contribution in [0.2, 0.25) is 0 Å². The molecule has 1 aliphatic heterocycles. The molecular weight excluding hydrogens is 443 g/mol. The van der Waals surface area contributed by atoms with Gasteiger partial charge < -0.3 is 19.5 Å². The van der Waals surface area contributed by atoms with Crippen LogP contribution >= 0.6 is 0 Å². The molecule has 2 heterocycles. The molecule has 0 radical (unpaired) electrons. The lowest BCUT2D eigenvalue weighted by atomic mass is 10.1. The Hall–Kier alpha value is -3.97. The summed E-state index contributed by atoms with van der Waals surface area (Å²) in [5, 5.41) is 3.50. The molecular formula is C28H27FN4O2. The molecule has 3 aromatic carbocycles. The van der Waals surface area contributed by atoms with E-state index in [2.05, 4.69) is 9.88 Å². The van der Waals surface area contributed by atoms with Crippen LogP contribution in [0.3, 0.4) is 0 Å². The van der Waals surface area contributed by atoms with Crippen LogP contribution in [-0.4, -0.2) is 34.0 Å². The predicted octanol–water partition coefficient (Wildman–Crippen LogP) is 5.47. The number of anilines is 2. The number of imidazole rings is 1. The number of rotatable bonds is 6. The number of nitrogens with zero attached hydrogens (tertiary/aromatic N) is 3. The number of amides is 1. The lowest BCUT2D eigenvalue weighted by Crippen LogP contribution is -2.41. The zero-order valence-corrected chi connectivity index (χ0v) is 19.7. The zero-order valence-electron chi connectivity index (χ0n) is 19.7. The standard InChI is InChI=1S/C28H27FN4O2/c1-19-8-14-23(15-9-19)30-27-25(20-10-12-22(29)13-11-20)31-24-18-32(16-17-33(24)27)28(34)26(35-2)21-6-4-3-5-7-21/h3-15,26,30H,16-18H2,1-2H3. The van der Waals surface area contributed by atoms with Crippen LogP contribution in [0.1, 0.15) is 23.1 Å². The quantitative estimate of drug-likeness (QED) is 0.406. The van der Waals surface area contributed by atoms with E-state index in [1.807, 2.05) is 61.5 Å². The van der Waals surface area contributed by atoms with Gasteiger partial charge in [0.2, 0.25) is 0 Å². The molecule has 0 spiro atoms. The van der Waals surface area contributed by atoms with Crippen molar-refractivity contribution in [3.05, 3.63) is 102 Å². The van der Waals surface area contributed by atoms with Crippen LogP contribution in [0, 0.1) is 12.7 Å². The van der Waals surface area contributed by atoms with E-state index < -0.39 is 6.10 Å². The van der Waals surface area contributed by atoms with Crippen LogP contribution in [0.4, 0.5) is 15.9 Å². The number of aromatic nitrogens is 2. The van der Waals surface area contributed by atoms with Crippen molar-refractivity contribution in [2.45, 2.75) is 26.1 Å². The van der Waals surface area contributed by atoms with Gasteiger partial charge in [0.05, 0.1) is 6.54 Å². The summed E-state index contributed by atoms with van der Waals surface area (Å²) in [6.45, 7) is 3.51. The Balaban J connectivity index is 1.48. The third-order valence-corrected chi connectivity index (χ3v) is 6.28. The summed E-state index contributed by atoms with van der Waals surface area (Å²) in [4.78, 5) is 20.1. The number of halogens is 1. The summed E-state index contributed by atoms with van der Waals surface area (Å²) in [5.74, 6) is 1.20. The lowest BCUT2D eigenvalue weighted by Gasteiger charge is -2.31. The number of carbonyl (C=O) groups is 1. The molecule has 0 bridgehead atoms. The SMILES string of the molecule is COC(C(=O)N1CCn2c(nc(-c3ccc(F)cc3)c2Nc2ccc(C)cc2)C1)c1ccccc1. The first-order valence-corrected chi connectivity index (χ1v) is 11.6. The molecule has 1 aromatic heterocycles. The van der Waals surface area contributed by atoms with Crippen molar-refractivity contribution in [1.82, 2.24) is 14.5 Å². The van der Waals surface area contributed by atoms with Gasteiger partial charge in [0.1, 0.15) is 23.2 Å². The third-order valence-electron chi connectivity index (χ3n) is 6.28. The molecule has 5 rings (SSSR count). The Morgan fingerprint density at radius 1 is 1.00 bits per heavy atom. The summed E-state index contributed by atoms with van der Waals surface area (Å²) >= 11 is 0. The van der Waals surface area contributed by atoms with Gasteiger partial charge in [-0.1, -0.05) is 48.0 Å². The van der Waals surface area contributed by atoms with E-state index in [1.165, 1.54) is 17.7 Å². The molecule has 0 saturated heterocycles. The average Bonchev–Trinajstić information content (AvgIpc) is 3.24. The third kappa shape index (κ3) is 4.68. The first-order valence-electron chi connectivity index (χ1n) is 11.6. The van der Waals surface area contributed by atoms with Crippen molar-refractivity contribution >= 4 is 17.4 Å². The number of carbonyl (C=O) groups excluding carboxylic acids is 1. The summed E-state index contributed by atoms with van der Waals surface area (Å²) in [6, 6.07) is 23.9. The Labute approximate surface area is 204 Å². The molecule has 0 saturated carbocycles. The van der Waals surface area contributed by atoms with Crippen molar-refractivity contribution in [2.75, 3.05) is 19.0 Å². The first kappa shape index (κ1) is 22.8. The molecule has 35 heavy (non-hydrogen) atoms. The normalized spacial score (nSPS) is 13.9. The van der Waals surface area contributed by atoms with E-state index in [0.717, 1.165) is 34.2 Å². The van der Waals surface area contributed by atoms with Crippen molar-refractivity contribution < 1.29 is 13.9 Å². The number of fused-ring (bicyclic) bond motifs is 1. The highest BCUT2D eigenvalue weighted by molar-refractivity contribution is 5.83. The van der Waals surface area contributed by atoms with Gasteiger partial charge in [0, 0.05) is 31.5 Å². The number of aryl methyl sites for hydroxylation is 1. The molecule has 1 atom stereocenters. The van der Waals surface area contributed by atoms with Gasteiger partial charge in [0.25, 0.3) is 5.91 Å². The Morgan fingerprint density at radius 2 is 1.71 bits per heavy atom. The summed E-state index contributed by atoms with van der Waals surface area (Å²) in [5.41, 5.74) is 4.46. The Kier molecular flexibility index (Phi) is 6.33. The summed E-state index contributed by atoms with van der Waals surface area (Å²) in [6.07, 6.45) is -0.667. The van der Waals surface area contributed by atoms with Crippen molar-refractivity contribution in [2.24, 2.45) is 0 Å². The van der Waals surface area contributed by atoms with Gasteiger partial charge in [-0.05, 0) is 48.9 Å². The lowest BCUT2D eigenvalue weighted by molar-refractivity contribution is -0.144.